The molecule has 1 aromatic rings. The van der Waals surface area contributed by atoms with E-state index >= 15 is 0 Å². The average Bonchev–Trinajstić information content (AvgIpc) is 2.37. The minimum absolute atomic E-state index is 0.0719. The Kier molecular flexibility index (Phi) is 5.53. The lowest BCUT2D eigenvalue weighted by atomic mass is 9.84. The molecule has 5 nitrogen and oxygen atoms in total. The van der Waals surface area contributed by atoms with Crippen LogP contribution in [0.25, 0.3) is 0 Å². The van der Waals surface area contributed by atoms with E-state index < -0.39 is 17.4 Å². The van der Waals surface area contributed by atoms with Crippen LogP contribution in [0.2, 0.25) is 5.02 Å². The van der Waals surface area contributed by atoms with Crippen molar-refractivity contribution in [3.05, 3.63) is 34.3 Å². The number of amides is 1. The summed E-state index contributed by atoms with van der Waals surface area (Å²) >= 11 is 6.05. The summed E-state index contributed by atoms with van der Waals surface area (Å²) in [5.74, 6) is -1.02. The third kappa shape index (κ3) is 4.21. The topological polar surface area (TPSA) is 86.6 Å². The fourth-order valence-electron chi connectivity index (χ4n) is 1.83. The normalized spacial score (nSPS) is 12.8. The molecule has 20 heavy (non-hydrogen) atoms. The number of rotatable bonds is 7. The summed E-state index contributed by atoms with van der Waals surface area (Å²) in [5.41, 5.74) is 0.878. The maximum absolute atomic E-state index is 10.9. The number of carbonyl (C=O) groups is 2. The summed E-state index contributed by atoms with van der Waals surface area (Å²) in [6.45, 7) is 3.63. The van der Waals surface area contributed by atoms with Crippen molar-refractivity contribution >= 4 is 24.0 Å². The molecule has 0 heterocycles. The third-order valence-corrected chi connectivity index (χ3v) is 3.37. The van der Waals surface area contributed by atoms with Crippen molar-refractivity contribution in [1.29, 1.82) is 0 Å². The van der Waals surface area contributed by atoms with Gasteiger partial charge in [0, 0.05) is 10.4 Å². The number of hydrogen-bond acceptors (Lipinski definition) is 3. The molecule has 0 radical (unpaired) electrons. The van der Waals surface area contributed by atoms with Crippen molar-refractivity contribution in [2.75, 3.05) is 6.61 Å². The molecule has 1 unspecified atom stereocenters. The molecule has 0 aliphatic heterocycles. The van der Waals surface area contributed by atoms with Gasteiger partial charge in [-0.05, 0) is 23.3 Å². The summed E-state index contributed by atoms with van der Waals surface area (Å²) in [5, 5.41) is 21.2. The molecule has 1 atom stereocenters. The Labute approximate surface area is 122 Å². The van der Waals surface area contributed by atoms with Crippen LogP contribution in [0.3, 0.4) is 0 Å². The molecule has 0 fully saturated rings. The van der Waals surface area contributed by atoms with Crippen LogP contribution in [0, 0.1) is 0 Å². The SMILES string of the molecule is CC(C)(CO)c1cc(Cl)cc(C(CC(=O)O)NC=O)c1. The van der Waals surface area contributed by atoms with Crippen LogP contribution in [-0.2, 0) is 15.0 Å². The van der Waals surface area contributed by atoms with Gasteiger partial charge in [0.1, 0.15) is 0 Å². The second kappa shape index (κ2) is 6.72. The maximum Gasteiger partial charge on any atom is 0.305 e. The number of aliphatic hydroxyl groups excluding tert-OH is 1. The minimum Gasteiger partial charge on any atom is -0.481 e. The van der Waals surface area contributed by atoms with Gasteiger partial charge in [-0.1, -0.05) is 31.5 Å². The molecule has 6 heteroatoms. The van der Waals surface area contributed by atoms with E-state index in [1.54, 1.807) is 18.2 Å². The Balaban J connectivity index is 3.22. The van der Waals surface area contributed by atoms with Crippen molar-refractivity contribution < 1.29 is 19.8 Å². The van der Waals surface area contributed by atoms with E-state index in [2.05, 4.69) is 5.32 Å². The summed E-state index contributed by atoms with van der Waals surface area (Å²) in [7, 11) is 0. The summed E-state index contributed by atoms with van der Waals surface area (Å²) in [4.78, 5) is 21.5. The number of carboxylic acids is 1. The molecule has 0 spiro atoms. The molecule has 0 bridgehead atoms. The van der Waals surface area contributed by atoms with Gasteiger partial charge in [0.05, 0.1) is 19.1 Å². The molecular weight excluding hydrogens is 282 g/mol. The fourth-order valence-corrected chi connectivity index (χ4v) is 2.07. The molecule has 0 aliphatic carbocycles. The van der Waals surface area contributed by atoms with Gasteiger partial charge in [0.2, 0.25) is 6.41 Å². The van der Waals surface area contributed by atoms with E-state index in [0.717, 1.165) is 5.56 Å². The lowest BCUT2D eigenvalue weighted by Gasteiger charge is -2.25. The summed E-state index contributed by atoms with van der Waals surface area (Å²) in [6, 6.07) is 4.44. The Morgan fingerprint density at radius 3 is 2.60 bits per heavy atom. The Morgan fingerprint density at radius 2 is 2.10 bits per heavy atom. The van der Waals surface area contributed by atoms with Crippen LogP contribution < -0.4 is 5.32 Å². The van der Waals surface area contributed by atoms with E-state index in [1.165, 1.54) is 0 Å². The lowest BCUT2D eigenvalue weighted by Crippen LogP contribution is -2.25. The van der Waals surface area contributed by atoms with Crippen LogP contribution >= 0.6 is 11.6 Å². The number of benzene rings is 1. The number of nitrogens with one attached hydrogen (secondary N) is 1. The molecule has 0 saturated heterocycles. The van der Waals surface area contributed by atoms with Crippen molar-refractivity contribution in [3.8, 4) is 0 Å². The highest BCUT2D eigenvalue weighted by Crippen LogP contribution is 2.29. The zero-order chi connectivity index (χ0) is 15.3. The van der Waals surface area contributed by atoms with Crippen LogP contribution in [-0.4, -0.2) is 29.2 Å². The van der Waals surface area contributed by atoms with E-state index in [0.29, 0.717) is 17.0 Å². The first-order valence-corrected chi connectivity index (χ1v) is 6.51. The number of carbonyl (C=O) groups excluding carboxylic acids is 1. The second-order valence-corrected chi connectivity index (χ2v) is 5.69. The summed E-state index contributed by atoms with van der Waals surface area (Å²) in [6.07, 6.45) is 0.226. The predicted octanol–water partition coefficient (Wildman–Crippen LogP) is 1.87. The van der Waals surface area contributed by atoms with Gasteiger partial charge < -0.3 is 15.5 Å². The number of hydrogen-bond donors (Lipinski definition) is 3. The molecule has 0 aliphatic rings. The van der Waals surface area contributed by atoms with E-state index in [9.17, 15) is 14.7 Å². The van der Waals surface area contributed by atoms with Crippen LogP contribution in [0.15, 0.2) is 18.2 Å². The highest BCUT2D eigenvalue weighted by molar-refractivity contribution is 6.30. The first kappa shape index (κ1) is 16.5. The number of carboxylic acid groups (broad SMARTS) is 1. The van der Waals surface area contributed by atoms with E-state index in [4.69, 9.17) is 16.7 Å². The lowest BCUT2D eigenvalue weighted by molar-refractivity contribution is -0.137. The number of aliphatic carboxylic acids is 1. The van der Waals surface area contributed by atoms with Crippen LogP contribution in [0.5, 0.6) is 0 Å². The Hall–Kier alpha value is -1.59. The van der Waals surface area contributed by atoms with Crippen LogP contribution in [0.1, 0.15) is 37.4 Å². The van der Waals surface area contributed by atoms with Gasteiger partial charge in [-0.15, -0.1) is 0 Å². The molecule has 110 valence electrons. The average molecular weight is 300 g/mol. The number of halogens is 1. The molecule has 1 rings (SSSR count). The van der Waals surface area contributed by atoms with Gasteiger partial charge in [-0.2, -0.15) is 0 Å². The standard InChI is InChI=1S/C14H18ClNO4/c1-14(2,7-17)10-3-9(4-11(15)5-10)12(16-8-18)6-13(19)20/h3-5,8,12,17H,6-7H2,1-2H3,(H,16,18)(H,19,20). The Morgan fingerprint density at radius 1 is 1.45 bits per heavy atom. The number of aliphatic hydroxyl groups is 1. The van der Waals surface area contributed by atoms with Crippen molar-refractivity contribution in [2.45, 2.75) is 31.7 Å². The zero-order valence-electron chi connectivity index (χ0n) is 11.4. The molecule has 0 saturated carbocycles. The van der Waals surface area contributed by atoms with Gasteiger partial charge in [-0.25, -0.2) is 0 Å². The third-order valence-electron chi connectivity index (χ3n) is 3.15. The summed E-state index contributed by atoms with van der Waals surface area (Å²) < 4.78 is 0. The van der Waals surface area contributed by atoms with Gasteiger partial charge in [-0.3, -0.25) is 9.59 Å². The fraction of sp³-hybridized carbons (Fsp3) is 0.429. The monoisotopic (exact) mass is 299 g/mol. The minimum atomic E-state index is -1.02. The molecule has 3 N–H and O–H groups in total. The largest absolute Gasteiger partial charge is 0.481 e. The quantitative estimate of drug-likeness (QED) is 0.671. The van der Waals surface area contributed by atoms with Gasteiger partial charge in [0.15, 0.2) is 0 Å². The zero-order valence-corrected chi connectivity index (χ0v) is 12.1. The predicted molar refractivity (Wildman–Crippen MR) is 75.8 cm³/mol. The molecule has 1 aromatic carbocycles. The molecular formula is C14H18ClNO4. The Bertz CT molecular complexity index is 502. The first-order chi connectivity index (χ1) is 9.30. The maximum atomic E-state index is 10.9. The van der Waals surface area contributed by atoms with Crippen LogP contribution in [0.4, 0.5) is 0 Å². The second-order valence-electron chi connectivity index (χ2n) is 5.25. The van der Waals surface area contributed by atoms with Crippen molar-refractivity contribution in [3.63, 3.8) is 0 Å². The van der Waals surface area contributed by atoms with Crippen molar-refractivity contribution in [1.82, 2.24) is 5.32 Å². The van der Waals surface area contributed by atoms with E-state index in [-0.39, 0.29) is 13.0 Å². The molecule has 0 aromatic heterocycles. The highest BCUT2D eigenvalue weighted by Gasteiger charge is 2.23. The van der Waals surface area contributed by atoms with Gasteiger partial charge >= 0.3 is 5.97 Å². The van der Waals surface area contributed by atoms with Gasteiger partial charge in [0.25, 0.3) is 0 Å². The first-order valence-electron chi connectivity index (χ1n) is 6.13. The van der Waals surface area contributed by atoms with Crippen molar-refractivity contribution in [2.24, 2.45) is 0 Å². The van der Waals surface area contributed by atoms with E-state index in [1.807, 2.05) is 13.8 Å². The molecule has 1 amide bonds. The highest BCUT2D eigenvalue weighted by atomic mass is 35.5. The smallest absolute Gasteiger partial charge is 0.305 e.